The number of furan rings is 1. The van der Waals surface area contributed by atoms with E-state index in [1.807, 2.05) is 25.1 Å². The lowest BCUT2D eigenvalue weighted by Crippen LogP contribution is -2.01. The molecule has 1 aromatic carbocycles. The van der Waals surface area contributed by atoms with Crippen molar-refractivity contribution in [2.24, 2.45) is 0 Å². The Bertz CT molecular complexity index is 443. The molecule has 0 saturated heterocycles. The molecule has 16 heavy (non-hydrogen) atoms. The lowest BCUT2D eigenvalue weighted by Gasteiger charge is -2.11. The van der Waals surface area contributed by atoms with Crippen molar-refractivity contribution in [3.63, 3.8) is 0 Å². The van der Waals surface area contributed by atoms with Crippen molar-refractivity contribution in [1.29, 1.82) is 0 Å². The summed E-state index contributed by atoms with van der Waals surface area (Å²) in [4.78, 5) is 0. The molecule has 1 aromatic heterocycles. The van der Waals surface area contributed by atoms with Crippen molar-refractivity contribution in [3.8, 4) is 0 Å². The van der Waals surface area contributed by atoms with Crippen molar-refractivity contribution < 1.29 is 9.52 Å². The first-order valence-corrected chi connectivity index (χ1v) is 5.49. The van der Waals surface area contributed by atoms with Crippen LogP contribution in [0.25, 0.3) is 0 Å². The van der Waals surface area contributed by atoms with E-state index in [0.29, 0.717) is 11.4 Å². The highest BCUT2D eigenvalue weighted by Gasteiger charge is 2.10. The quantitative estimate of drug-likeness (QED) is 0.885. The highest BCUT2D eigenvalue weighted by Crippen LogP contribution is 2.23. The molecule has 2 aromatic rings. The molecule has 0 aliphatic carbocycles. The Kier molecular flexibility index (Phi) is 3.32. The zero-order chi connectivity index (χ0) is 11.5. The van der Waals surface area contributed by atoms with E-state index < -0.39 is 6.10 Å². The zero-order valence-electron chi connectivity index (χ0n) is 8.98. The third kappa shape index (κ3) is 2.65. The van der Waals surface area contributed by atoms with E-state index in [0.717, 1.165) is 16.7 Å². The summed E-state index contributed by atoms with van der Waals surface area (Å²) in [5.74, 6) is 0. The van der Waals surface area contributed by atoms with Crippen molar-refractivity contribution in [3.05, 3.63) is 58.5 Å². The van der Waals surface area contributed by atoms with Crippen LogP contribution in [-0.4, -0.2) is 5.11 Å². The van der Waals surface area contributed by atoms with E-state index in [-0.39, 0.29) is 0 Å². The Morgan fingerprint density at radius 3 is 2.81 bits per heavy atom. The maximum Gasteiger partial charge on any atom is 0.0935 e. The smallest absolute Gasteiger partial charge is 0.0935 e. The maximum absolute atomic E-state index is 10.0. The van der Waals surface area contributed by atoms with E-state index >= 15 is 0 Å². The molecular formula is C13H13ClO2. The van der Waals surface area contributed by atoms with Crippen LogP contribution in [0.2, 0.25) is 5.02 Å². The fraction of sp³-hybridized carbons (Fsp3) is 0.231. The van der Waals surface area contributed by atoms with Gasteiger partial charge in [0.25, 0.3) is 0 Å². The maximum atomic E-state index is 10.0. The first-order valence-electron chi connectivity index (χ1n) is 5.11. The highest BCUT2D eigenvalue weighted by atomic mass is 35.5. The van der Waals surface area contributed by atoms with Gasteiger partial charge in [-0.1, -0.05) is 17.7 Å². The minimum absolute atomic E-state index is 0.538. The van der Waals surface area contributed by atoms with Crippen molar-refractivity contribution in [2.45, 2.75) is 19.4 Å². The van der Waals surface area contributed by atoms with Gasteiger partial charge in [-0.2, -0.15) is 0 Å². The number of aryl methyl sites for hydroxylation is 1. The molecule has 0 amide bonds. The molecule has 84 valence electrons. The Morgan fingerprint density at radius 2 is 2.19 bits per heavy atom. The summed E-state index contributed by atoms with van der Waals surface area (Å²) in [6.07, 6.45) is 3.23. The van der Waals surface area contributed by atoms with Gasteiger partial charge in [0.05, 0.1) is 18.6 Å². The second-order valence-electron chi connectivity index (χ2n) is 3.91. The number of halogens is 1. The van der Waals surface area contributed by atoms with Gasteiger partial charge in [0.15, 0.2) is 0 Å². The van der Waals surface area contributed by atoms with Gasteiger partial charge in [-0.05, 0) is 41.8 Å². The first kappa shape index (κ1) is 11.2. The van der Waals surface area contributed by atoms with Gasteiger partial charge < -0.3 is 9.52 Å². The summed E-state index contributed by atoms with van der Waals surface area (Å²) >= 11 is 5.95. The molecule has 0 aliphatic rings. The summed E-state index contributed by atoms with van der Waals surface area (Å²) in [6, 6.07) is 7.45. The first-order chi connectivity index (χ1) is 7.65. The predicted molar refractivity (Wildman–Crippen MR) is 63.6 cm³/mol. The van der Waals surface area contributed by atoms with Crippen LogP contribution in [0.1, 0.15) is 22.8 Å². The summed E-state index contributed by atoms with van der Waals surface area (Å²) in [6.45, 7) is 1.96. The largest absolute Gasteiger partial charge is 0.472 e. The summed E-state index contributed by atoms with van der Waals surface area (Å²) in [5.41, 5.74) is 2.87. The molecule has 3 heteroatoms. The van der Waals surface area contributed by atoms with Crippen LogP contribution in [0.4, 0.5) is 0 Å². The molecule has 1 unspecified atom stereocenters. The van der Waals surface area contributed by atoms with Crippen LogP contribution in [-0.2, 0) is 6.42 Å². The fourth-order valence-corrected chi connectivity index (χ4v) is 2.00. The van der Waals surface area contributed by atoms with Gasteiger partial charge in [-0.15, -0.1) is 0 Å². The molecule has 1 N–H and O–H groups in total. The predicted octanol–water partition coefficient (Wildman–Crippen LogP) is 3.52. The van der Waals surface area contributed by atoms with Crippen LogP contribution in [0.3, 0.4) is 0 Å². The number of rotatable bonds is 3. The lowest BCUT2D eigenvalue weighted by atomic mass is 10.0. The van der Waals surface area contributed by atoms with E-state index in [9.17, 15) is 5.11 Å². The van der Waals surface area contributed by atoms with Gasteiger partial charge >= 0.3 is 0 Å². The number of hydrogen-bond donors (Lipinski definition) is 1. The van der Waals surface area contributed by atoms with Crippen LogP contribution >= 0.6 is 11.6 Å². The molecule has 0 bridgehead atoms. The number of aliphatic hydroxyl groups excluding tert-OH is 1. The standard InChI is InChI=1S/C13H13ClO2/c1-9-4-11(7-12(14)5-9)13(15)6-10-2-3-16-8-10/h2-5,7-8,13,15H,6H2,1H3. The normalized spacial score (nSPS) is 12.7. The summed E-state index contributed by atoms with van der Waals surface area (Å²) < 4.78 is 4.96. The Hall–Kier alpha value is -1.25. The van der Waals surface area contributed by atoms with Gasteiger partial charge in [0.2, 0.25) is 0 Å². The molecule has 0 fully saturated rings. The molecule has 1 heterocycles. The van der Waals surface area contributed by atoms with Crippen LogP contribution in [0, 0.1) is 6.92 Å². The van der Waals surface area contributed by atoms with Gasteiger partial charge in [-0.3, -0.25) is 0 Å². The zero-order valence-corrected chi connectivity index (χ0v) is 9.74. The number of aliphatic hydroxyl groups is 1. The van der Waals surface area contributed by atoms with E-state index in [1.54, 1.807) is 18.6 Å². The Morgan fingerprint density at radius 1 is 1.38 bits per heavy atom. The third-order valence-corrected chi connectivity index (χ3v) is 2.68. The Balaban J connectivity index is 2.17. The van der Waals surface area contributed by atoms with Gasteiger partial charge in [0.1, 0.15) is 0 Å². The number of hydrogen-bond acceptors (Lipinski definition) is 2. The monoisotopic (exact) mass is 236 g/mol. The van der Waals surface area contributed by atoms with E-state index in [2.05, 4.69) is 0 Å². The second-order valence-corrected chi connectivity index (χ2v) is 4.35. The molecule has 0 saturated carbocycles. The van der Waals surface area contributed by atoms with Crippen LogP contribution < -0.4 is 0 Å². The highest BCUT2D eigenvalue weighted by molar-refractivity contribution is 6.30. The van der Waals surface area contributed by atoms with Crippen molar-refractivity contribution in [2.75, 3.05) is 0 Å². The number of benzene rings is 1. The van der Waals surface area contributed by atoms with Gasteiger partial charge in [-0.25, -0.2) is 0 Å². The third-order valence-electron chi connectivity index (χ3n) is 2.46. The van der Waals surface area contributed by atoms with Gasteiger partial charge in [0, 0.05) is 11.4 Å². The molecular weight excluding hydrogens is 224 g/mol. The summed E-state index contributed by atoms with van der Waals surface area (Å²) in [7, 11) is 0. The lowest BCUT2D eigenvalue weighted by molar-refractivity contribution is 0.178. The summed E-state index contributed by atoms with van der Waals surface area (Å²) in [5, 5.41) is 10.7. The van der Waals surface area contributed by atoms with Crippen molar-refractivity contribution in [1.82, 2.24) is 0 Å². The molecule has 2 rings (SSSR count). The van der Waals surface area contributed by atoms with Crippen LogP contribution in [0.5, 0.6) is 0 Å². The molecule has 2 nitrogen and oxygen atoms in total. The minimum Gasteiger partial charge on any atom is -0.472 e. The SMILES string of the molecule is Cc1cc(Cl)cc(C(O)Cc2ccoc2)c1. The second kappa shape index (κ2) is 4.73. The molecule has 1 atom stereocenters. The average Bonchev–Trinajstić information content (AvgIpc) is 2.68. The Labute approximate surface area is 99.5 Å². The molecule has 0 aliphatic heterocycles. The topological polar surface area (TPSA) is 33.4 Å². The minimum atomic E-state index is -0.546. The van der Waals surface area contributed by atoms with Crippen LogP contribution in [0.15, 0.2) is 41.2 Å². The molecule has 0 spiro atoms. The van der Waals surface area contributed by atoms with E-state index in [4.69, 9.17) is 16.0 Å². The van der Waals surface area contributed by atoms with E-state index in [1.165, 1.54) is 0 Å². The fourth-order valence-electron chi connectivity index (χ4n) is 1.71. The van der Waals surface area contributed by atoms with Crippen molar-refractivity contribution >= 4 is 11.6 Å². The molecule has 0 radical (unpaired) electrons. The average molecular weight is 237 g/mol.